The lowest BCUT2D eigenvalue weighted by molar-refractivity contribution is -0.153. The fourth-order valence-corrected chi connectivity index (χ4v) is 2.34. The molecule has 1 N–H and O–H groups in total. The van der Waals surface area contributed by atoms with Crippen molar-refractivity contribution in [2.24, 2.45) is 5.92 Å². The Kier molecular flexibility index (Phi) is 5.70. The van der Waals surface area contributed by atoms with Crippen LogP contribution in [0.4, 0.5) is 0 Å². The van der Waals surface area contributed by atoms with E-state index in [0.717, 1.165) is 32.1 Å². The second-order valence-corrected chi connectivity index (χ2v) is 6.77. The van der Waals surface area contributed by atoms with Gasteiger partial charge in [0.1, 0.15) is 10.0 Å². The fourth-order valence-electron chi connectivity index (χ4n) is 2.19. The maximum absolute atomic E-state index is 11.6. The van der Waals surface area contributed by atoms with Gasteiger partial charge in [-0.2, -0.15) is 0 Å². The van der Waals surface area contributed by atoms with Gasteiger partial charge in [-0.1, -0.05) is 43.4 Å². The summed E-state index contributed by atoms with van der Waals surface area (Å²) in [6.45, 7) is 6.07. The molecule has 0 aliphatic heterocycles. The smallest absolute Gasteiger partial charge is 0.319 e. The minimum Gasteiger partial charge on any atom is -0.462 e. The summed E-state index contributed by atoms with van der Waals surface area (Å²) in [5.74, 6) is 0.167. The van der Waals surface area contributed by atoms with Crippen molar-refractivity contribution in [2.45, 2.75) is 68.5 Å². The van der Waals surface area contributed by atoms with Gasteiger partial charge in [-0.15, -0.1) is 0 Å². The second-order valence-electron chi connectivity index (χ2n) is 5.27. The summed E-state index contributed by atoms with van der Waals surface area (Å²) in [6.07, 6.45) is 3.86. The molecule has 1 saturated carbocycles. The van der Waals surface area contributed by atoms with Crippen LogP contribution in [0.1, 0.15) is 52.9 Å². The third-order valence-electron chi connectivity index (χ3n) is 3.77. The Bertz CT molecular complexity index is 257. The maximum atomic E-state index is 11.6. The quantitative estimate of drug-likeness (QED) is 0.480. The van der Waals surface area contributed by atoms with Crippen molar-refractivity contribution in [3.63, 3.8) is 0 Å². The zero-order chi connectivity index (χ0) is 13.1. The van der Waals surface area contributed by atoms with Gasteiger partial charge in [0.25, 0.3) is 0 Å². The summed E-state index contributed by atoms with van der Waals surface area (Å²) < 4.78 is 5.42. The van der Waals surface area contributed by atoms with Crippen LogP contribution in [0.15, 0.2) is 0 Å². The van der Waals surface area contributed by atoms with Gasteiger partial charge < -0.3 is 9.84 Å². The number of ether oxygens (including phenoxy) is 1. The van der Waals surface area contributed by atoms with E-state index in [0.29, 0.717) is 0 Å². The first-order chi connectivity index (χ1) is 7.89. The Morgan fingerprint density at radius 3 is 2.41 bits per heavy atom. The molecule has 0 aromatic carbocycles. The van der Waals surface area contributed by atoms with E-state index in [1.165, 1.54) is 0 Å². The molecule has 0 spiro atoms. The number of alkyl halides is 1. The molecule has 1 fully saturated rings. The van der Waals surface area contributed by atoms with Gasteiger partial charge in [0.15, 0.2) is 0 Å². The van der Waals surface area contributed by atoms with Crippen molar-refractivity contribution < 1.29 is 14.6 Å². The van der Waals surface area contributed by atoms with Crippen LogP contribution in [0.25, 0.3) is 0 Å². The molecule has 0 saturated heterocycles. The molecule has 0 heterocycles. The zero-order valence-corrected chi connectivity index (χ0v) is 13.1. The van der Waals surface area contributed by atoms with Crippen LogP contribution in [0.3, 0.4) is 0 Å². The predicted molar refractivity (Wildman–Crippen MR) is 76.2 cm³/mol. The van der Waals surface area contributed by atoms with Gasteiger partial charge >= 0.3 is 5.97 Å². The average Bonchev–Trinajstić information content (AvgIpc) is 2.31. The Morgan fingerprint density at radius 2 is 2.00 bits per heavy atom. The molecule has 17 heavy (non-hydrogen) atoms. The minimum atomic E-state index is -0.558. The van der Waals surface area contributed by atoms with Gasteiger partial charge in [0, 0.05) is 0 Å². The van der Waals surface area contributed by atoms with E-state index < -0.39 is 5.60 Å². The molecule has 0 aromatic heterocycles. The van der Waals surface area contributed by atoms with Crippen LogP contribution in [-0.4, -0.2) is 26.7 Å². The Balaban J connectivity index is 2.40. The Labute approximate surface area is 117 Å². The first kappa shape index (κ1) is 15.2. The van der Waals surface area contributed by atoms with Gasteiger partial charge in [0.05, 0.1) is 5.60 Å². The molecular weight excluding hydrogens is 331 g/mol. The highest BCUT2D eigenvalue weighted by Gasteiger charge is 2.37. The molecule has 100 valence electrons. The number of carbonyl (C=O) groups is 1. The third-order valence-corrected chi connectivity index (χ3v) is 5.16. The van der Waals surface area contributed by atoms with E-state index in [-0.39, 0.29) is 21.9 Å². The Hall–Kier alpha value is 0.160. The van der Waals surface area contributed by atoms with Crippen LogP contribution in [0.2, 0.25) is 0 Å². The second kappa shape index (κ2) is 6.36. The highest BCUT2D eigenvalue weighted by molar-refractivity contribution is 14.1. The lowest BCUT2D eigenvalue weighted by atomic mass is 9.76. The molecule has 3 nitrogen and oxygen atoms in total. The summed E-state index contributed by atoms with van der Waals surface area (Å²) >= 11 is 2.12. The van der Waals surface area contributed by atoms with Gasteiger partial charge in [0.2, 0.25) is 0 Å². The molecule has 1 aliphatic carbocycles. The highest BCUT2D eigenvalue weighted by atomic mass is 127. The molecule has 0 radical (unpaired) electrons. The summed E-state index contributed by atoms with van der Waals surface area (Å²) in [7, 11) is 0. The van der Waals surface area contributed by atoms with Crippen LogP contribution in [0.5, 0.6) is 0 Å². The van der Waals surface area contributed by atoms with E-state index in [4.69, 9.17) is 4.74 Å². The molecule has 1 unspecified atom stereocenters. The number of carbonyl (C=O) groups excluding carboxylic acids is 1. The summed E-state index contributed by atoms with van der Waals surface area (Å²) in [6, 6.07) is 0. The third kappa shape index (κ3) is 4.09. The molecule has 0 bridgehead atoms. The molecule has 0 aromatic rings. The van der Waals surface area contributed by atoms with E-state index >= 15 is 0 Å². The van der Waals surface area contributed by atoms with Crippen molar-refractivity contribution in [3.8, 4) is 0 Å². The summed E-state index contributed by atoms with van der Waals surface area (Å²) in [5, 5.41) is 10.3. The number of hydrogen-bond donors (Lipinski definition) is 1. The van der Waals surface area contributed by atoms with Crippen LogP contribution < -0.4 is 0 Å². The maximum Gasteiger partial charge on any atom is 0.319 e. The first-order valence-electron chi connectivity index (χ1n) is 6.46. The van der Waals surface area contributed by atoms with E-state index in [1.807, 2.05) is 20.8 Å². The van der Waals surface area contributed by atoms with Gasteiger partial charge in [-0.05, 0) is 38.0 Å². The molecule has 4 heteroatoms. The largest absolute Gasteiger partial charge is 0.462 e. The van der Waals surface area contributed by atoms with Gasteiger partial charge in [-0.25, -0.2) is 0 Å². The van der Waals surface area contributed by atoms with Crippen molar-refractivity contribution in [3.05, 3.63) is 0 Å². The summed E-state index contributed by atoms with van der Waals surface area (Å²) in [4.78, 5) is 11.6. The van der Waals surface area contributed by atoms with Crippen LogP contribution in [0, 0.1) is 5.92 Å². The molecule has 0 amide bonds. The van der Waals surface area contributed by atoms with Crippen molar-refractivity contribution in [2.75, 3.05) is 0 Å². The lowest BCUT2D eigenvalue weighted by Gasteiger charge is -2.38. The number of rotatable bonds is 4. The van der Waals surface area contributed by atoms with Crippen molar-refractivity contribution in [1.29, 1.82) is 0 Å². The Morgan fingerprint density at radius 1 is 1.47 bits per heavy atom. The normalized spacial score (nSPS) is 31.3. The van der Waals surface area contributed by atoms with E-state index in [2.05, 4.69) is 22.6 Å². The number of aliphatic hydroxyl groups is 1. The van der Waals surface area contributed by atoms with E-state index in [9.17, 15) is 9.90 Å². The van der Waals surface area contributed by atoms with E-state index in [1.54, 1.807) is 0 Å². The van der Waals surface area contributed by atoms with Crippen LogP contribution >= 0.6 is 22.6 Å². The van der Waals surface area contributed by atoms with Crippen molar-refractivity contribution in [1.82, 2.24) is 0 Å². The fraction of sp³-hybridized carbons (Fsp3) is 0.923. The first-order valence-corrected chi connectivity index (χ1v) is 7.70. The SMILES string of the molecule is CCC(I)C(=O)OC1CCC(O)(C(C)C)CC1. The minimum absolute atomic E-state index is 0.00495. The number of halogens is 1. The zero-order valence-electron chi connectivity index (χ0n) is 10.9. The molecule has 1 aliphatic rings. The van der Waals surface area contributed by atoms with Crippen molar-refractivity contribution >= 4 is 28.6 Å². The highest BCUT2D eigenvalue weighted by Crippen LogP contribution is 2.35. The monoisotopic (exact) mass is 354 g/mol. The molecular formula is C13H23IO3. The standard InChI is InChI=1S/C13H23IO3/c1-4-11(14)12(15)17-10-5-7-13(16,8-6-10)9(2)3/h9-11,16H,4-8H2,1-3H3. The average molecular weight is 354 g/mol. The topological polar surface area (TPSA) is 46.5 Å². The van der Waals surface area contributed by atoms with Gasteiger partial charge in [-0.3, -0.25) is 4.79 Å². The molecule has 1 atom stereocenters. The molecule has 1 rings (SSSR count). The van der Waals surface area contributed by atoms with Crippen LogP contribution in [-0.2, 0) is 9.53 Å². The number of hydrogen-bond acceptors (Lipinski definition) is 3. The predicted octanol–water partition coefficient (Wildman–Crippen LogP) is 3.07. The number of esters is 1. The lowest BCUT2D eigenvalue weighted by Crippen LogP contribution is -2.41. The summed E-state index contributed by atoms with van der Waals surface area (Å²) in [5.41, 5.74) is -0.558.